The molecule has 1 atom stereocenters. The first kappa shape index (κ1) is 31.4. The van der Waals surface area contributed by atoms with E-state index in [1.165, 1.54) is 13.2 Å². The summed E-state index contributed by atoms with van der Waals surface area (Å²) in [4.78, 5) is 43.1. The van der Waals surface area contributed by atoms with Gasteiger partial charge in [-0.1, -0.05) is 41.1 Å². The number of carbonyl (C=O) groups is 3. The van der Waals surface area contributed by atoms with Crippen molar-refractivity contribution >= 4 is 35.2 Å². The Morgan fingerprint density at radius 1 is 1.15 bits per heavy atom. The minimum absolute atomic E-state index is 0.0401. The molecule has 1 unspecified atom stereocenters. The smallest absolute Gasteiger partial charge is 0.304 e. The molecule has 0 spiro atoms. The van der Waals surface area contributed by atoms with E-state index in [0.29, 0.717) is 51.1 Å². The number of Topliss-reactive ketones (excluding diaryl/α,β-unsaturated/α-hetero) is 1. The van der Waals surface area contributed by atoms with Crippen molar-refractivity contribution in [3.63, 3.8) is 0 Å². The van der Waals surface area contributed by atoms with Crippen molar-refractivity contribution in [2.45, 2.75) is 58.2 Å². The van der Waals surface area contributed by atoms with Crippen LogP contribution < -0.4 is 15.8 Å². The number of aromatic nitrogens is 5. The molecule has 2 aromatic heterocycles. The standard InChI is InChI=1S/C27H34ClN7O6/c1-40-17-22(36)20(12-26(38)39)4-2-5-21-15-35(34-33-21)11-3-6-24(37)30-14-18-7-9-19(10-8-18)16-41-25-13-23(28)31-27(29)32-25/h7-10,13,15,20H,2-6,11-12,14,16-17H2,1H3,(H,30,37)(H,38,39)(H2,29,31,32). The first-order valence-electron chi connectivity index (χ1n) is 13.1. The third-order valence-corrected chi connectivity index (χ3v) is 6.31. The maximum absolute atomic E-state index is 12.3. The molecule has 4 N–H and O–H groups in total. The number of ketones is 1. The van der Waals surface area contributed by atoms with Gasteiger partial charge in [0.25, 0.3) is 0 Å². The number of halogens is 1. The molecule has 3 aromatic rings. The Morgan fingerprint density at radius 2 is 1.90 bits per heavy atom. The number of aliphatic carboxylic acids is 1. The van der Waals surface area contributed by atoms with Crippen molar-refractivity contribution in [2.75, 3.05) is 19.5 Å². The number of nitrogens with two attached hydrogens (primary N) is 1. The zero-order valence-corrected chi connectivity index (χ0v) is 23.5. The molecule has 1 aromatic carbocycles. The number of carbonyl (C=O) groups excluding carboxylic acids is 2. The molecule has 2 heterocycles. The van der Waals surface area contributed by atoms with Gasteiger partial charge in [-0.15, -0.1) is 5.10 Å². The Balaban J connectivity index is 1.32. The minimum Gasteiger partial charge on any atom is -0.481 e. The highest BCUT2D eigenvalue weighted by molar-refractivity contribution is 6.29. The number of benzene rings is 1. The van der Waals surface area contributed by atoms with Crippen LogP contribution in [0.4, 0.5) is 5.95 Å². The number of hydrogen-bond acceptors (Lipinski definition) is 10. The predicted molar refractivity (Wildman–Crippen MR) is 149 cm³/mol. The van der Waals surface area contributed by atoms with Gasteiger partial charge in [0.15, 0.2) is 5.78 Å². The van der Waals surface area contributed by atoms with E-state index in [9.17, 15) is 14.4 Å². The zero-order valence-electron chi connectivity index (χ0n) is 22.8. The predicted octanol–water partition coefficient (Wildman–Crippen LogP) is 2.61. The third kappa shape index (κ3) is 11.5. The number of hydrogen-bond donors (Lipinski definition) is 3. The van der Waals surface area contributed by atoms with Gasteiger partial charge in [0.1, 0.15) is 18.4 Å². The van der Waals surface area contributed by atoms with Gasteiger partial charge in [-0.3, -0.25) is 19.1 Å². The van der Waals surface area contributed by atoms with Crippen LogP contribution in [0, 0.1) is 5.92 Å². The Kier molecular flexibility index (Phi) is 12.4. The molecule has 220 valence electrons. The largest absolute Gasteiger partial charge is 0.481 e. The average molecular weight is 588 g/mol. The number of nitrogens with one attached hydrogen (secondary N) is 1. The summed E-state index contributed by atoms with van der Waals surface area (Å²) in [5.41, 5.74) is 8.18. The Labute approximate surface area is 242 Å². The van der Waals surface area contributed by atoms with Gasteiger partial charge in [0, 0.05) is 44.8 Å². The second kappa shape index (κ2) is 16.2. The summed E-state index contributed by atoms with van der Waals surface area (Å²) < 4.78 is 12.1. The van der Waals surface area contributed by atoms with Crippen LogP contribution in [0.25, 0.3) is 0 Å². The van der Waals surface area contributed by atoms with E-state index >= 15 is 0 Å². The van der Waals surface area contributed by atoms with Gasteiger partial charge in [-0.25, -0.2) is 4.98 Å². The fourth-order valence-corrected chi connectivity index (χ4v) is 4.21. The normalized spacial score (nSPS) is 11.7. The summed E-state index contributed by atoms with van der Waals surface area (Å²) in [5.74, 6) is -1.54. The molecule has 14 heteroatoms. The number of carboxylic acid groups (broad SMARTS) is 1. The lowest BCUT2D eigenvalue weighted by molar-refractivity contribution is -0.141. The number of nitrogen functional groups attached to an aromatic ring is 1. The number of methoxy groups -OCH3 is 1. The molecule has 1 amide bonds. The number of anilines is 1. The maximum atomic E-state index is 12.3. The van der Waals surface area contributed by atoms with Crippen molar-refractivity contribution in [1.82, 2.24) is 30.3 Å². The van der Waals surface area contributed by atoms with Crippen molar-refractivity contribution in [1.29, 1.82) is 0 Å². The maximum Gasteiger partial charge on any atom is 0.304 e. The summed E-state index contributed by atoms with van der Waals surface area (Å²) in [5, 5.41) is 20.4. The molecule has 41 heavy (non-hydrogen) atoms. The average Bonchev–Trinajstić information content (AvgIpc) is 3.37. The SMILES string of the molecule is COCC(=O)C(CCCc1cn(CCCC(=O)NCc2ccc(COc3cc(Cl)nc(N)n3)cc2)nn1)CC(=O)O. The summed E-state index contributed by atoms with van der Waals surface area (Å²) in [6.07, 6.45) is 4.14. The van der Waals surface area contributed by atoms with Gasteiger partial charge in [-0.2, -0.15) is 4.98 Å². The van der Waals surface area contributed by atoms with Gasteiger partial charge >= 0.3 is 5.97 Å². The summed E-state index contributed by atoms with van der Waals surface area (Å²) in [6.45, 7) is 1.12. The molecule has 0 bridgehead atoms. The lowest BCUT2D eigenvalue weighted by Gasteiger charge is -2.12. The first-order valence-corrected chi connectivity index (χ1v) is 13.5. The van der Waals surface area contributed by atoms with Gasteiger partial charge < -0.3 is 25.6 Å². The van der Waals surface area contributed by atoms with Crippen LogP contribution in [-0.4, -0.2) is 61.4 Å². The Morgan fingerprint density at radius 3 is 2.61 bits per heavy atom. The first-order chi connectivity index (χ1) is 19.7. The molecule has 0 aliphatic carbocycles. The molecule has 0 fully saturated rings. The van der Waals surface area contributed by atoms with Crippen LogP contribution in [0.2, 0.25) is 5.15 Å². The van der Waals surface area contributed by atoms with Crippen LogP contribution in [0.3, 0.4) is 0 Å². The Hall–Kier alpha value is -4.10. The van der Waals surface area contributed by atoms with Crippen molar-refractivity contribution < 1.29 is 29.0 Å². The summed E-state index contributed by atoms with van der Waals surface area (Å²) in [7, 11) is 1.41. The van der Waals surface area contributed by atoms with E-state index in [1.807, 2.05) is 24.3 Å². The number of ether oxygens (including phenoxy) is 2. The second-order valence-corrected chi connectivity index (χ2v) is 9.82. The van der Waals surface area contributed by atoms with Crippen molar-refractivity contribution in [2.24, 2.45) is 5.92 Å². The highest BCUT2D eigenvalue weighted by atomic mass is 35.5. The molecular formula is C27H34ClN7O6. The number of nitrogens with zero attached hydrogens (tertiary/aromatic N) is 5. The van der Waals surface area contributed by atoms with E-state index < -0.39 is 11.9 Å². The molecular weight excluding hydrogens is 554 g/mol. The van der Waals surface area contributed by atoms with E-state index in [-0.39, 0.29) is 42.4 Å². The van der Waals surface area contributed by atoms with E-state index in [4.69, 9.17) is 31.9 Å². The topological polar surface area (TPSA) is 184 Å². The van der Waals surface area contributed by atoms with Gasteiger partial charge in [0.05, 0.1) is 12.1 Å². The lowest BCUT2D eigenvalue weighted by Crippen LogP contribution is -2.22. The highest BCUT2D eigenvalue weighted by Gasteiger charge is 2.21. The van der Waals surface area contributed by atoms with Crippen LogP contribution in [0.5, 0.6) is 5.88 Å². The molecule has 0 radical (unpaired) electrons. The fraction of sp³-hybridized carbons (Fsp3) is 0.444. The minimum atomic E-state index is -1.01. The summed E-state index contributed by atoms with van der Waals surface area (Å²) in [6, 6.07) is 9.11. The second-order valence-electron chi connectivity index (χ2n) is 9.43. The zero-order chi connectivity index (χ0) is 29.6. The number of aryl methyl sites for hydroxylation is 2. The van der Waals surface area contributed by atoms with Crippen LogP contribution in [0.15, 0.2) is 36.5 Å². The highest BCUT2D eigenvalue weighted by Crippen LogP contribution is 2.17. The molecule has 0 saturated carbocycles. The van der Waals surface area contributed by atoms with Gasteiger partial charge in [-0.05, 0) is 36.8 Å². The number of carboxylic acids is 1. The Bertz CT molecular complexity index is 1280. The fourth-order valence-electron chi connectivity index (χ4n) is 4.03. The number of rotatable bonds is 18. The quantitative estimate of drug-likeness (QED) is 0.186. The third-order valence-electron chi connectivity index (χ3n) is 6.11. The molecule has 3 rings (SSSR count). The van der Waals surface area contributed by atoms with Crippen LogP contribution in [0.1, 0.15) is 48.9 Å². The van der Waals surface area contributed by atoms with Crippen LogP contribution in [-0.2, 0) is 45.2 Å². The van der Waals surface area contributed by atoms with Crippen molar-refractivity contribution in [3.05, 3.63) is 58.5 Å². The van der Waals surface area contributed by atoms with E-state index in [1.54, 1.807) is 10.9 Å². The molecule has 0 saturated heterocycles. The van der Waals surface area contributed by atoms with Crippen LogP contribution >= 0.6 is 11.6 Å². The molecule has 0 aliphatic heterocycles. The lowest BCUT2D eigenvalue weighted by atomic mass is 9.94. The van der Waals surface area contributed by atoms with E-state index in [0.717, 1.165) is 16.8 Å². The van der Waals surface area contributed by atoms with Crippen molar-refractivity contribution in [3.8, 4) is 5.88 Å². The summed E-state index contributed by atoms with van der Waals surface area (Å²) >= 11 is 5.85. The number of amides is 1. The monoisotopic (exact) mass is 587 g/mol. The van der Waals surface area contributed by atoms with E-state index in [2.05, 4.69) is 25.6 Å². The molecule has 13 nitrogen and oxygen atoms in total. The molecule has 0 aliphatic rings. The van der Waals surface area contributed by atoms with Gasteiger partial charge in [0.2, 0.25) is 17.7 Å².